The van der Waals surface area contributed by atoms with E-state index >= 15 is 0 Å². The molecule has 1 saturated heterocycles. The van der Waals surface area contributed by atoms with Gasteiger partial charge in [0, 0.05) is 29.5 Å². The fourth-order valence-electron chi connectivity index (χ4n) is 3.03. The molecule has 0 bridgehead atoms. The van der Waals surface area contributed by atoms with Crippen molar-refractivity contribution in [3.8, 4) is 5.69 Å². The Morgan fingerprint density at radius 3 is 2.47 bits per heavy atom. The van der Waals surface area contributed by atoms with E-state index in [0.29, 0.717) is 10.2 Å². The van der Waals surface area contributed by atoms with Crippen molar-refractivity contribution in [3.05, 3.63) is 53.6 Å². The molecule has 4 rings (SSSR count). The van der Waals surface area contributed by atoms with Crippen LogP contribution in [0.3, 0.4) is 0 Å². The zero-order valence-electron chi connectivity index (χ0n) is 16.4. The third-order valence-electron chi connectivity index (χ3n) is 4.67. The van der Waals surface area contributed by atoms with Gasteiger partial charge >= 0.3 is 0 Å². The minimum Gasteiger partial charge on any atom is -0.378 e. The number of anilines is 2. The maximum Gasteiger partial charge on any atom is 0.237 e. The summed E-state index contributed by atoms with van der Waals surface area (Å²) in [6, 6.07) is 15.0. The van der Waals surface area contributed by atoms with Gasteiger partial charge in [0.15, 0.2) is 0 Å². The molecule has 0 spiro atoms. The van der Waals surface area contributed by atoms with Crippen LogP contribution in [0.15, 0.2) is 53.7 Å². The Morgan fingerprint density at radius 1 is 1.10 bits per heavy atom. The lowest BCUT2D eigenvalue weighted by atomic mass is 10.2. The summed E-state index contributed by atoms with van der Waals surface area (Å²) < 4.78 is 6.97. The second-order valence-corrected chi connectivity index (χ2v) is 8.49. The van der Waals surface area contributed by atoms with E-state index in [0.717, 1.165) is 43.4 Å². The number of amides is 1. The zero-order chi connectivity index (χ0) is 20.9. The van der Waals surface area contributed by atoms with Crippen LogP contribution in [-0.2, 0) is 9.53 Å². The molecule has 1 amide bonds. The number of nitrogens with one attached hydrogen (secondary N) is 1. The highest BCUT2D eigenvalue weighted by atomic mass is 35.5. The number of nitrogens with zero attached hydrogens (tertiary/aromatic N) is 5. The van der Waals surface area contributed by atoms with Crippen LogP contribution in [-0.4, -0.2) is 57.7 Å². The summed E-state index contributed by atoms with van der Waals surface area (Å²) in [5, 5.41) is 15.5. The van der Waals surface area contributed by atoms with Gasteiger partial charge in [0.2, 0.25) is 11.1 Å². The molecule has 10 heteroatoms. The van der Waals surface area contributed by atoms with Crippen molar-refractivity contribution in [2.24, 2.45) is 0 Å². The molecule has 30 heavy (non-hydrogen) atoms. The van der Waals surface area contributed by atoms with Gasteiger partial charge in [-0.3, -0.25) is 4.79 Å². The predicted molar refractivity (Wildman–Crippen MR) is 118 cm³/mol. The molecule has 1 fully saturated rings. The van der Waals surface area contributed by atoms with Crippen LogP contribution in [0.25, 0.3) is 5.69 Å². The summed E-state index contributed by atoms with van der Waals surface area (Å²) in [6.45, 7) is 5.05. The van der Waals surface area contributed by atoms with E-state index in [-0.39, 0.29) is 11.2 Å². The fourth-order valence-corrected chi connectivity index (χ4v) is 3.96. The Labute approximate surface area is 183 Å². The van der Waals surface area contributed by atoms with E-state index in [2.05, 4.69) is 25.7 Å². The number of hydrogen-bond donors (Lipinski definition) is 1. The average molecular weight is 445 g/mol. The smallest absolute Gasteiger partial charge is 0.237 e. The molecular formula is C20H21ClN6O2S. The monoisotopic (exact) mass is 444 g/mol. The number of carbonyl (C=O) groups excluding carboxylic acids is 1. The summed E-state index contributed by atoms with van der Waals surface area (Å²) in [5.74, 6) is -0.121. The number of carbonyl (C=O) groups is 1. The third kappa shape index (κ3) is 4.92. The standard InChI is InChI=1S/C20H21ClN6O2S/c1-14(30-20-23-24-25-27(20)18-6-2-15(21)3-7-18)19(28)22-16-4-8-17(9-5-16)26-10-12-29-13-11-26/h2-9,14H,10-13H2,1H3,(H,22,28). The third-order valence-corrected chi connectivity index (χ3v) is 5.96. The molecule has 0 aliphatic carbocycles. The Hall–Kier alpha value is -2.62. The average Bonchev–Trinajstić information content (AvgIpc) is 3.23. The van der Waals surface area contributed by atoms with Gasteiger partial charge in [-0.15, -0.1) is 5.10 Å². The molecule has 156 valence electrons. The normalized spacial score (nSPS) is 15.1. The number of aromatic nitrogens is 4. The fraction of sp³-hybridized carbons (Fsp3) is 0.300. The van der Waals surface area contributed by atoms with Crippen molar-refractivity contribution < 1.29 is 9.53 Å². The second kappa shape index (κ2) is 9.46. The van der Waals surface area contributed by atoms with E-state index in [9.17, 15) is 4.79 Å². The van der Waals surface area contributed by atoms with Crippen LogP contribution in [0.2, 0.25) is 5.02 Å². The Bertz CT molecular complexity index is 989. The molecule has 8 nitrogen and oxygen atoms in total. The summed E-state index contributed by atoms with van der Waals surface area (Å²) in [7, 11) is 0. The lowest BCUT2D eigenvalue weighted by Gasteiger charge is -2.28. The number of thioether (sulfide) groups is 1. The quantitative estimate of drug-likeness (QED) is 0.584. The maximum absolute atomic E-state index is 12.7. The Morgan fingerprint density at radius 2 is 1.77 bits per heavy atom. The van der Waals surface area contributed by atoms with Crippen molar-refractivity contribution in [1.29, 1.82) is 0 Å². The van der Waals surface area contributed by atoms with Crippen molar-refractivity contribution in [2.75, 3.05) is 36.5 Å². The van der Waals surface area contributed by atoms with Crippen LogP contribution in [0.1, 0.15) is 6.92 Å². The van der Waals surface area contributed by atoms with Crippen molar-refractivity contribution in [2.45, 2.75) is 17.3 Å². The number of benzene rings is 2. The van der Waals surface area contributed by atoms with Crippen LogP contribution < -0.4 is 10.2 Å². The van der Waals surface area contributed by atoms with Crippen LogP contribution in [0.5, 0.6) is 0 Å². The molecule has 1 aliphatic heterocycles. The SMILES string of the molecule is CC(Sc1nnnn1-c1ccc(Cl)cc1)C(=O)Nc1ccc(N2CCOCC2)cc1. The van der Waals surface area contributed by atoms with E-state index in [4.69, 9.17) is 16.3 Å². The summed E-state index contributed by atoms with van der Waals surface area (Å²) in [5.41, 5.74) is 2.65. The van der Waals surface area contributed by atoms with E-state index < -0.39 is 0 Å². The molecule has 1 atom stereocenters. The molecule has 0 radical (unpaired) electrons. The number of tetrazole rings is 1. The van der Waals surface area contributed by atoms with Gasteiger partial charge in [-0.1, -0.05) is 23.4 Å². The predicted octanol–water partition coefficient (Wildman–Crippen LogP) is 3.27. The highest BCUT2D eigenvalue weighted by Gasteiger charge is 2.20. The molecule has 0 saturated carbocycles. The lowest BCUT2D eigenvalue weighted by molar-refractivity contribution is -0.115. The van der Waals surface area contributed by atoms with E-state index in [1.54, 1.807) is 16.8 Å². The van der Waals surface area contributed by atoms with Gasteiger partial charge in [-0.25, -0.2) is 0 Å². The largest absolute Gasteiger partial charge is 0.378 e. The van der Waals surface area contributed by atoms with Gasteiger partial charge < -0.3 is 15.0 Å². The van der Waals surface area contributed by atoms with E-state index in [1.807, 2.05) is 43.3 Å². The first-order chi connectivity index (χ1) is 14.6. The number of rotatable bonds is 6. The van der Waals surface area contributed by atoms with Gasteiger partial charge in [0.25, 0.3) is 0 Å². The molecule has 1 aromatic heterocycles. The second-order valence-electron chi connectivity index (χ2n) is 6.75. The topological polar surface area (TPSA) is 85.2 Å². The molecule has 1 unspecified atom stereocenters. The molecule has 2 aromatic carbocycles. The van der Waals surface area contributed by atoms with Gasteiger partial charge in [0.1, 0.15) is 0 Å². The van der Waals surface area contributed by atoms with Crippen LogP contribution in [0, 0.1) is 0 Å². The molecule has 1 aliphatic rings. The zero-order valence-corrected chi connectivity index (χ0v) is 17.9. The highest BCUT2D eigenvalue weighted by molar-refractivity contribution is 8.00. The van der Waals surface area contributed by atoms with Gasteiger partial charge in [0.05, 0.1) is 24.2 Å². The molecular weight excluding hydrogens is 424 g/mol. The number of halogens is 1. The first kappa shape index (κ1) is 20.6. The molecule has 3 aromatic rings. The van der Waals surface area contributed by atoms with Crippen molar-refractivity contribution >= 4 is 40.6 Å². The van der Waals surface area contributed by atoms with E-state index in [1.165, 1.54) is 11.8 Å². The van der Waals surface area contributed by atoms with Crippen molar-refractivity contribution in [1.82, 2.24) is 20.2 Å². The minimum atomic E-state index is -0.388. The maximum atomic E-state index is 12.7. The number of morpholine rings is 1. The van der Waals surface area contributed by atoms with Crippen LogP contribution in [0.4, 0.5) is 11.4 Å². The lowest BCUT2D eigenvalue weighted by Crippen LogP contribution is -2.36. The summed E-state index contributed by atoms with van der Waals surface area (Å²) in [6.07, 6.45) is 0. The summed E-state index contributed by atoms with van der Waals surface area (Å²) >= 11 is 7.23. The number of ether oxygens (including phenoxy) is 1. The van der Waals surface area contributed by atoms with Crippen LogP contribution >= 0.6 is 23.4 Å². The first-order valence-corrected chi connectivity index (χ1v) is 10.8. The van der Waals surface area contributed by atoms with Gasteiger partial charge in [-0.05, 0) is 65.9 Å². The summed E-state index contributed by atoms with van der Waals surface area (Å²) in [4.78, 5) is 14.9. The van der Waals surface area contributed by atoms with Gasteiger partial charge in [-0.2, -0.15) is 4.68 Å². The Kier molecular flexibility index (Phi) is 6.51. The van der Waals surface area contributed by atoms with Crippen molar-refractivity contribution in [3.63, 3.8) is 0 Å². The first-order valence-electron chi connectivity index (χ1n) is 9.55. The minimum absolute atomic E-state index is 0.121. The molecule has 2 heterocycles. The molecule has 1 N–H and O–H groups in total. The Balaban J connectivity index is 1.37. The highest BCUT2D eigenvalue weighted by Crippen LogP contribution is 2.25. The number of hydrogen-bond acceptors (Lipinski definition) is 7.